The number of amides is 1. The summed E-state index contributed by atoms with van der Waals surface area (Å²) in [5.41, 5.74) is 2.58. The van der Waals surface area contributed by atoms with Gasteiger partial charge in [0.1, 0.15) is 11.6 Å². The number of thioether (sulfide) groups is 1. The Bertz CT molecular complexity index is 1090. The Morgan fingerprint density at radius 2 is 1.43 bits per heavy atom. The topological polar surface area (TPSA) is 76.1 Å². The SMILES string of the molecule is CC.CC(=O)c1cc(F)cnc1C.CC(C)=O.CC1CCSCC1.Cc1ccc(C(=O)NC2CCC(C)CC2)cc1Cl. The molecule has 1 aromatic heterocycles. The molecule has 42 heavy (non-hydrogen) atoms. The highest BCUT2D eigenvalue weighted by molar-refractivity contribution is 7.99. The number of halogens is 2. The van der Waals surface area contributed by atoms with E-state index in [4.69, 9.17) is 11.6 Å². The van der Waals surface area contributed by atoms with Crippen molar-refractivity contribution < 1.29 is 18.8 Å². The second-order valence-electron chi connectivity index (χ2n) is 10.9. The van der Waals surface area contributed by atoms with Crippen LogP contribution in [0.3, 0.4) is 0 Å². The average Bonchev–Trinajstić information content (AvgIpc) is 2.94. The second kappa shape index (κ2) is 22.3. The molecule has 4 rings (SSSR count). The van der Waals surface area contributed by atoms with Crippen LogP contribution in [0.1, 0.15) is 119 Å². The molecule has 5 nitrogen and oxygen atoms in total. The Kier molecular flexibility index (Phi) is 21.1. The number of ketones is 2. The smallest absolute Gasteiger partial charge is 0.251 e. The third-order valence-corrected chi connectivity index (χ3v) is 8.18. The van der Waals surface area contributed by atoms with Crippen LogP contribution in [0.25, 0.3) is 0 Å². The third-order valence-electron chi connectivity index (χ3n) is 6.73. The standard InChI is InChI=1S/C15H20ClNO.C8H8FNO.C6H12S.C3H6O.C2H6/c1-10-3-7-13(8-4-10)17-15(18)12-6-5-11(2)14(16)9-12;1-5-8(6(2)11)3-7(9)4-10-5;1-6-2-4-7-5-3-6;1-3(2)4;1-2/h5-6,9-10,13H,3-4,7-8H2,1-2H3,(H,17,18);3-4H,1-2H3;6H,2-5H2,1H3;1-2H3;1-2H3. The predicted molar refractivity (Wildman–Crippen MR) is 177 cm³/mol. The zero-order valence-electron chi connectivity index (χ0n) is 27.1. The quantitative estimate of drug-likeness (QED) is 0.345. The Labute approximate surface area is 263 Å². The number of aromatic nitrogens is 1. The summed E-state index contributed by atoms with van der Waals surface area (Å²) in [7, 11) is 0. The molecule has 0 bridgehead atoms. The molecule has 1 aliphatic carbocycles. The van der Waals surface area contributed by atoms with Crippen LogP contribution in [-0.2, 0) is 4.79 Å². The number of pyridine rings is 1. The van der Waals surface area contributed by atoms with Crippen molar-refractivity contribution >= 4 is 40.8 Å². The fraction of sp³-hybridized carbons (Fsp3) is 0.588. The normalized spacial score (nSPS) is 17.7. The van der Waals surface area contributed by atoms with Crippen LogP contribution in [-0.4, -0.2) is 40.0 Å². The van der Waals surface area contributed by atoms with Crippen molar-refractivity contribution in [3.05, 3.63) is 63.7 Å². The van der Waals surface area contributed by atoms with E-state index in [9.17, 15) is 18.8 Å². The molecule has 1 saturated carbocycles. The van der Waals surface area contributed by atoms with Gasteiger partial charge in [0.25, 0.3) is 5.91 Å². The summed E-state index contributed by atoms with van der Waals surface area (Å²) in [5.74, 6) is 4.16. The number of Topliss-reactive ketones (excluding diaryl/α,β-unsaturated/α-hetero) is 2. The molecule has 2 heterocycles. The Morgan fingerprint density at radius 3 is 1.86 bits per heavy atom. The monoisotopic (exact) mass is 622 g/mol. The number of aryl methyl sites for hydroxylation is 2. The number of nitrogens with one attached hydrogen (secondary N) is 1. The average molecular weight is 623 g/mol. The summed E-state index contributed by atoms with van der Waals surface area (Å²) in [6, 6.07) is 7.00. The summed E-state index contributed by atoms with van der Waals surface area (Å²) in [6.45, 7) is 16.7. The number of hydrogen-bond donors (Lipinski definition) is 1. The summed E-state index contributed by atoms with van der Waals surface area (Å²) < 4.78 is 12.5. The van der Waals surface area contributed by atoms with Gasteiger partial charge < -0.3 is 10.1 Å². The van der Waals surface area contributed by atoms with E-state index in [2.05, 4.69) is 35.9 Å². The van der Waals surface area contributed by atoms with Crippen molar-refractivity contribution in [2.75, 3.05) is 11.5 Å². The van der Waals surface area contributed by atoms with Crippen molar-refractivity contribution in [1.29, 1.82) is 0 Å². The first kappa shape index (κ1) is 39.8. The molecule has 8 heteroatoms. The second-order valence-corrected chi connectivity index (χ2v) is 12.6. The highest BCUT2D eigenvalue weighted by atomic mass is 35.5. The molecule has 2 fully saturated rings. The molecular formula is C34H52ClFN2O3S. The Hall–Kier alpha value is -2.25. The highest BCUT2D eigenvalue weighted by Gasteiger charge is 2.20. The fourth-order valence-corrected chi connectivity index (χ4v) is 5.61. The lowest BCUT2D eigenvalue weighted by molar-refractivity contribution is -0.115. The lowest BCUT2D eigenvalue weighted by atomic mass is 9.87. The molecule has 1 saturated heterocycles. The van der Waals surface area contributed by atoms with Gasteiger partial charge in [-0.2, -0.15) is 11.8 Å². The van der Waals surface area contributed by atoms with Crippen LogP contribution in [0.2, 0.25) is 5.02 Å². The van der Waals surface area contributed by atoms with E-state index in [1.807, 2.05) is 32.9 Å². The van der Waals surface area contributed by atoms with Gasteiger partial charge in [0, 0.05) is 27.9 Å². The van der Waals surface area contributed by atoms with Gasteiger partial charge in [0.2, 0.25) is 0 Å². The van der Waals surface area contributed by atoms with Crippen LogP contribution in [0.4, 0.5) is 4.39 Å². The maximum atomic E-state index is 12.5. The first-order chi connectivity index (χ1) is 19.8. The van der Waals surface area contributed by atoms with Gasteiger partial charge in [-0.25, -0.2) is 4.39 Å². The van der Waals surface area contributed by atoms with E-state index in [1.165, 1.54) is 64.0 Å². The number of rotatable bonds is 3. The van der Waals surface area contributed by atoms with Crippen LogP contribution >= 0.6 is 23.4 Å². The Morgan fingerprint density at radius 1 is 0.905 bits per heavy atom. The summed E-state index contributed by atoms with van der Waals surface area (Å²) in [5, 5.41) is 3.76. The minimum Gasteiger partial charge on any atom is -0.349 e. The minimum atomic E-state index is -0.471. The van der Waals surface area contributed by atoms with E-state index in [0.717, 1.165) is 36.4 Å². The van der Waals surface area contributed by atoms with Gasteiger partial charge in [-0.05, 0) is 120 Å². The first-order valence-electron chi connectivity index (χ1n) is 15.0. The van der Waals surface area contributed by atoms with Crippen molar-refractivity contribution in [1.82, 2.24) is 10.3 Å². The molecule has 2 aliphatic rings. The van der Waals surface area contributed by atoms with Crippen molar-refractivity contribution in [3.63, 3.8) is 0 Å². The van der Waals surface area contributed by atoms with Gasteiger partial charge in [0.15, 0.2) is 5.78 Å². The molecule has 0 radical (unpaired) electrons. The molecule has 1 N–H and O–H groups in total. The molecule has 1 aromatic carbocycles. The van der Waals surface area contributed by atoms with Gasteiger partial charge in [0.05, 0.1) is 6.20 Å². The molecule has 0 atom stereocenters. The largest absolute Gasteiger partial charge is 0.349 e. The lowest BCUT2D eigenvalue weighted by Crippen LogP contribution is -2.37. The minimum absolute atomic E-state index is 0.00328. The molecule has 0 spiro atoms. The van der Waals surface area contributed by atoms with E-state index in [1.54, 1.807) is 13.0 Å². The van der Waals surface area contributed by atoms with Crippen LogP contribution in [0, 0.1) is 31.5 Å². The number of carbonyl (C=O) groups is 3. The van der Waals surface area contributed by atoms with Crippen LogP contribution < -0.4 is 5.32 Å². The number of benzene rings is 1. The predicted octanol–water partition coefficient (Wildman–Crippen LogP) is 9.46. The number of nitrogens with zero attached hydrogens (tertiary/aromatic N) is 1. The number of hydrogen-bond acceptors (Lipinski definition) is 5. The highest BCUT2D eigenvalue weighted by Crippen LogP contribution is 2.24. The maximum absolute atomic E-state index is 12.5. The third kappa shape index (κ3) is 17.6. The van der Waals surface area contributed by atoms with E-state index >= 15 is 0 Å². The zero-order valence-corrected chi connectivity index (χ0v) is 28.7. The molecule has 1 aliphatic heterocycles. The van der Waals surface area contributed by atoms with Gasteiger partial charge in [-0.3, -0.25) is 14.6 Å². The summed E-state index contributed by atoms with van der Waals surface area (Å²) in [4.78, 5) is 36.0. The Balaban J connectivity index is 0.000000595. The molecular weight excluding hydrogens is 571 g/mol. The summed E-state index contributed by atoms with van der Waals surface area (Å²) >= 11 is 8.14. The molecule has 0 unspecified atom stereocenters. The molecule has 2 aromatic rings. The van der Waals surface area contributed by atoms with Crippen molar-refractivity contribution in [3.8, 4) is 0 Å². The van der Waals surface area contributed by atoms with E-state index in [0.29, 0.717) is 27.9 Å². The lowest BCUT2D eigenvalue weighted by Gasteiger charge is -2.26. The van der Waals surface area contributed by atoms with Crippen molar-refractivity contribution in [2.45, 2.75) is 107 Å². The van der Waals surface area contributed by atoms with Crippen LogP contribution in [0.5, 0.6) is 0 Å². The summed E-state index contributed by atoms with van der Waals surface area (Å²) in [6.07, 6.45) is 8.59. The number of carbonyl (C=O) groups excluding carboxylic acids is 3. The van der Waals surface area contributed by atoms with Gasteiger partial charge in [-0.15, -0.1) is 0 Å². The maximum Gasteiger partial charge on any atom is 0.251 e. The fourth-order valence-electron chi connectivity index (χ4n) is 4.09. The van der Waals surface area contributed by atoms with Gasteiger partial charge >= 0.3 is 0 Å². The zero-order chi connectivity index (χ0) is 32.2. The van der Waals surface area contributed by atoms with E-state index in [-0.39, 0.29) is 17.5 Å². The molecule has 1 amide bonds. The van der Waals surface area contributed by atoms with E-state index < -0.39 is 5.82 Å². The first-order valence-corrected chi connectivity index (χ1v) is 16.6. The molecule has 236 valence electrons. The van der Waals surface area contributed by atoms with Crippen molar-refractivity contribution in [2.24, 2.45) is 11.8 Å². The van der Waals surface area contributed by atoms with Gasteiger partial charge in [-0.1, -0.05) is 45.4 Å². The van der Waals surface area contributed by atoms with Crippen LogP contribution in [0.15, 0.2) is 30.5 Å².